The van der Waals surface area contributed by atoms with Crippen LogP contribution in [0, 0.1) is 11.3 Å². The Morgan fingerprint density at radius 2 is 1.95 bits per heavy atom. The first kappa shape index (κ1) is 16.0. The van der Waals surface area contributed by atoms with Crippen LogP contribution < -0.4 is 0 Å². The molecule has 1 saturated carbocycles. The molecule has 0 aromatic heterocycles. The van der Waals surface area contributed by atoms with Gasteiger partial charge in [-0.1, -0.05) is 38.5 Å². The average molecular weight is 302 g/mol. The zero-order valence-electron chi connectivity index (χ0n) is 14.4. The van der Waals surface area contributed by atoms with Gasteiger partial charge in [0.2, 0.25) is 0 Å². The summed E-state index contributed by atoms with van der Waals surface area (Å²) in [5.41, 5.74) is 3.31. The van der Waals surface area contributed by atoms with Crippen molar-refractivity contribution in [3.63, 3.8) is 0 Å². The smallest absolute Gasteiger partial charge is 0.0840 e. The van der Waals surface area contributed by atoms with Crippen molar-refractivity contribution in [2.75, 3.05) is 6.61 Å². The zero-order valence-corrected chi connectivity index (χ0v) is 14.4. The highest BCUT2D eigenvalue weighted by atomic mass is 16.3. The second-order valence-corrected chi connectivity index (χ2v) is 8.61. The lowest BCUT2D eigenvalue weighted by Gasteiger charge is -2.55. The summed E-state index contributed by atoms with van der Waals surface area (Å²) in [4.78, 5) is 0. The van der Waals surface area contributed by atoms with Crippen molar-refractivity contribution < 1.29 is 10.2 Å². The molecule has 2 nitrogen and oxygen atoms in total. The molecule has 0 heterocycles. The zero-order chi connectivity index (χ0) is 16.2. The van der Waals surface area contributed by atoms with Crippen molar-refractivity contribution in [1.82, 2.24) is 0 Å². The van der Waals surface area contributed by atoms with Crippen molar-refractivity contribution in [3.8, 4) is 0 Å². The Kier molecular flexibility index (Phi) is 3.69. The number of hydrogen-bond acceptors (Lipinski definition) is 2. The van der Waals surface area contributed by atoms with E-state index in [-0.39, 0.29) is 10.8 Å². The molecule has 1 aromatic rings. The normalized spacial score (nSPS) is 34.9. The molecule has 0 amide bonds. The first-order valence-electron chi connectivity index (χ1n) is 8.68. The minimum absolute atomic E-state index is 0.0552. The molecule has 3 atom stereocenters. The molecule has 0 radical (unpaired) electrons. The van der Waals surface area contributed by atoms with Crippen molar-refractivity contribution in [3.05, 3.63) is 34.9 Å². The first-order chi connectivity index (χ1) is 10.2. The van der Waals surface area contributed by atoms with E-state index >= 15 is 0 Å². The monoisotopic (exact) mass is 302 g/mol. The van der Waals surface area contributed by atoms with Gasteiger partial charge in [0.1, 0.15) is 0 Å². The molecular weight excluding hydrogens is 272 g/mol. The molecule has 1 fully saturated rings. The van der Waals surface area contributed by atoms with Crippen LogP contribution in [0.3, 0.4) is 0 Å². The predicted molar refractivity (Wildman–Crippen MR) is 89.9 cm³/mol. The van der Waals surface area contributed by atoms with Gasteiger partial charge in [-0.3, -0.25) is 0 Å². The van der Waals surface area contributed by atoms with Gasteiger partial charge in [-0.25, -0.2) is 0 Å². The number of aryl methyl sites for hydroxylation is 1. The molecule has 0 spiro atoms. The van der Waals surface area contributed by atoms with Crippen LogP contribution in [0.25, 0.3) is 0 Å². The number of hydrogen-bond donors (Lipinski definition) is 2. The lowest BCUT2D eigenvalue weighted by atomic mass is 9.50. The fourth-order valence-corrected chi connectivity index (χ4v) is 5.19. The summed E-state index contributed by atoms with van der Waals surface area (Å²) in [5, 5.41) is 20.2. The van der Waals surface area contributed by atoms with Gasteiger partial charge < -0.3 is 10.2 Å². The van der Waals surface area contributed by atoms with E-state index in [9.17, 15) is 10.2 Å². The summed E-state index contributed by atoms with van der Waals surface area (Å²) >= 11 is 0. The SMILES string of the molecule is CC(C)(O)c1ccc2c(c1)CC[C@@H]1[C@@](C)(CO)CCC[C@@]21C. The fraction of sp³-hybridized carbons (Fsp3) is 0.700. The standard InChI is InChI=1S/C20H30O2/c1-18(2,22)15-7-8-16-14(12-15)6-9-17-19(3,13-21)10-5-11-20(16,17)4/h7-8,12,17,21-22H,5-6,9-11,13H2,1-4H3/t17-,19-,20+/m1/s1. The van der Waals surface area contributed by atoms with Crippen LogP contribution in [-0.4, -0.2) is 16.8 Å². The fourth-order valence-electron chi connectivity index (χ4n) is 5.19. The van der Waals surface area contributed by atoms with Gasteiger partial charge >= 0.3 is 0 Å². The van der Waals surface area contributed by atoms with E-state index in [1.165, 1.54) is 24.0 Å². The van der Waals surface area contributed by atoms with Gasteiger partial charge in [-0.2, -0.15) is 0 Å². The van der Waals surface area contributed by atoms with Crippen LogP contribution in [-0.2, 0) is 17.4 Å². The van der Waals surface area contributed by atoms with Gasteiger partial charge in [0.05, 0.1) is 5.60 Å². The number of benzene rings is 1. The average Bonchev–Trinajstić information content (AvgIpc) is 2.45. The Labute approximate surface area is 134 Å². The highest BCUT2D eigenvalue weighted by Gasteiger charge is 2.51. The number of fused-ring (bicyclic) bond motifs is 3. The summed E-state index contributed by atoms with van der Waals surface area (Å²) < 4.78 is 0. The largest absolute Gasteiger partial charge is 0.396 e. The maximum atomic E-state index is 10.3. The van der Waals surface area contributed by atoms with Gasteiger partial charge in [0.15, 0.2) is 0 Å². The molecule has 3 rings (SSSR count). The van der Waals surface area contributed by atoms with E-state index in [0.29, 0.717) is 12.5 Å². The summed E-state index contributed by atoms with van der Waals surface area (Å²) in [7, 11) is 0. The molecular formula is C20H30O2. The molecule has 22 heavy (non-hydrogen) atoms. The maximum Gasteiger partial charge on any atom is 0.0840 e. The second-order valence-electron chi connectivity index (χ2n) is 8.61. The molecule has 0 aliphatic heterocycles. The van der Waals surface area contributed by atoms with E-state index in [1.807, 2.05) is 13.8 Å². The van der Waals surface area contributed by atoms with Gasteiger partial charge in [0, 0.05) is 6.61 Å². The predicted octanol–water partition coefficient (Wildman–Crippen LogP) is 3.92. The van der Waals surface area contributed by atoms with Crippen molar-refractivity contribution in [1.29, 1.82) is 0 Å². The molecule has 2 aliphatic rings. The third-order valence-corrected chi connectivity index (χ3v) is 6.54. The van der Waals surface area contributed by atoms with Gasteiger partial charge in [-0.05, 0) is 73.0 Å². The quantitative estimate of drug-likeness (QED) is 0.869. The van der Waals surface area contributed by atoms with Gasteiger partial charge in [0.25, 0.3) is 0 Å². The molecule has 2 heteroatoms. The summed E-state index contributed by atoms with van der Waals surface area (Å²) in [6, 6.07) is 6.55. The van der Waals surface area contributed by atoms with E-state index in [4.69, 9.17) is 0 Å². The van der Waals surface area contributed by atoms with Crippen LogP contribution in [0.5, 0.6) is 0 Å². The molecule has 2 aliphatic carbocycles. The van der Waals surface area contributed by atoms with Gasteiger partial charge in [-0.15, -0.1) is 0 Å². The van der Waals surface area contributed by atoms with Crippen LogP contribution in [0.2, 0.25) is 0 Å². The molecule has 1 aromatic carbocycles. The van der Waals surface area contributed by atoms with Crippen LogP contribution in [0.1, 0.15) is 70.1 Å². The summed E-state index contributed by atoms with van der Waals surface area (Å²) in [6.07, 6.45) is 5.75. The molecule has 0 unspecified atom stereocenters. The van der Waals surface area contributed by atoms with E-state index in [1.54, 1.807) is 0 Å². The Morgan fingerprint density at radius 3 is 2.59 bits per heavy atom. The van der Waals surface area contributed by atoms with E-state index in [0.717, 1.165) is 24.8 Å². The molecule has 2 N–H and O–H groups in total. The van der Waals surface area contributed by atoms with Crippen molar-refractivity contribution >= 4 is 0 Å². The maximum absolute atomic E-state index is 10.3. The van der Waals surface area contributed by atoms with Crippen molar-refractivity contribution in [2.45, 2.75) is 70.8 Å². The Bertz CT molecular complexity index is 572. The topological polar surface area (TPSA) is 40.5 Å². The third kappa shape index (κ3) is 2.32. The molecule has 122 valence electrons. The minimum Gasteiger partial charge on any atom is -0.396 e. The first-order valence-corrected chi connectivity index (χ1v) is 8.68. The Balaban J connectivity index is 2.06. The Morgan fingerprint density at radius 1 is 1.23 bits per heavy atom. The third-order valence-electron chi connectivity index (χ3n) is 6.54. The number of aliphatic hydroxyl groups excluding tert-OH is 1. The highest BCUT2D eigenvalue weighted by Crippen LogP contribution is 2.57. The number of aliphatic hydroxyl groups is 2. The van der Waals surface area contributed by atoms with Crippen molar-refractivity contribution in [2.24, 2.45) is 11.3 Å². The Hall–Kier alpha value is -0.860. The van der Waals surface area contributed by atoms with Crippen LogP contribution in [0.4, 0.5) is 0 Å². The van der Waals surface area contributed by atoms with Crippen LogP contribution in [0.15, 0.2) is 18.2 Å². The molecule has 0 bridgehead atoms. The highest BCUT2D eigenvalue weighted by molar-refractivity contribution is 5.42. The molecule has 0 saturated heterocycles. The summed E-state index contributed by atoms with van der Waals surface area (Å²) in [5.74, 6) is 0.555. The second kappa shape index (κ2) is 5.07. The summed E-state index contributed by atoms with van der Waals surface area (Å²) in [6.45, 7) is 8.67. The lowest BCUT2D eigenvalue weighted by molar-refractivity contribution is -0.0179. The van der Waals surface area contributed by atoms with E-state index < -0.39 is 5.60 Å². The van der Waals surface area contributed by atoms with E-state index in [2.05, 4.69) is 32.0 Å². The minimum atomic E-state index is -0.779. The lowest BCUT2D eigenvalue weighted by Crippen LogP contribution is -2.50. The van der Waals surface area contributed by atoms with Crippen LogP contribution >= 0.6 is 0 Å². The number of rotatable bonds is 2.